The van der Waals surface area contributed by atoms with E-state index in [2.05, 4.69) is 37.8 Å². The molecule has 3 rings (SSSR count). The van der Waals surface area contributed by atoms with Crippen molar-refractivity contribution in [2.75, 3.05) is 19.7 Å². The van der Waals surface area contributed by atoms with E-state index in [1.807, 2.05) is 0 Å². The summed E-state index contributed by atoms with van der Waals surface area (Å²) in [5.74, 6) is 0.697. The molecule has 0 radical (unpaired) electrons. The van der Waals surface area contributed by atoms with E-state index in [1.54, 1.807) is 11.1 Å². The molecule has 0 spiro atoms. The molecule has 0 saturated carbocycles. The second-order valence-electron chi connectivity index (χ2n) is 7.51. The number of hydrogen-bond donors (Lipinski definition) is 1. The average molecular weight is 273 g/mol. The van der Waals surface area contributed by atoms with Gasteiger partial charge in [-0.3, -0.25) is 4.90 Å². The van der Waals surface area contributed by atoms with E-state index in [0.717, 1.165) is 19.6 Å². The fourth-order valence-electron chi connectivity index (χ4n) is 3.87. The second kappa shape index (κ2) is 5.16. The zero-order chi connectivity index (χ0) is 14.3. The number of aliphatic hydroxyl groups is 1. The SMILES string of the molecule is CC(C)(C)c1cc2c3c(c1)CN(CCO)C[C@H]3CCC2. The summed E-state index contributed by atoms with van der Waals surface area (Å²) >= 11 is 0. The first kappa shape index (κ1) is 14.1. The van der Waals surface area contributed by atoms with Crippen LogP contribution in [0.15, 0.2) is 12.1 Å². The van der Waals surface area contributed by atoms with Crippen LogP contribution in [0.2, 0.25) is 0 Å². The predicted molar refractivity (Wildman–Crippen MR) is 83.2 cm³/mol. The summed E-state index contributed by atoms with van der Waals surface area (Å²) in [6, 6.07) is 4.90. The fraction of sp³-hybridized carbons (Fsp3) is 0.667. The molecule has 110 valence electrons. The smallest absolute Gasteiger partial charge is 0.0558 e. The average Bonchev–Trinajstić information content (AvgIpc) is 2.38. The minimum Gasteiger partial charge on any atom is -0.395 e. The number of rotatable bonds is 2. The van der Waals surface area contributed by atoms with Crippen molar-refractivity contribution in [1.29, 1.82) is 0 Å². The van der Waals surface area contributed by atoms with Gasteiger partial charge in [-0.1, -0.05) is 32.9 Å². The van der Waals surface area contributed by atoms with Gasteiger partial charge >= 0.3 is 0 Å². The summed E-state index contributed by atoms with van der Waals surface area (Å²) in [7, 11) is 0. The zero-order valence-electron chi connectivity index (χ0n) is 13.1. The number of benzene rings is 1. The molecule has 2 nitrogen and oxygen atoms in total. The molecule has 0 amide bonds. The second-order valence-corrected chi connectivity index (χ2v) is 7.51. The summed E-state index contributed by atoms with van der Waals surface area (Å²) in [6.07, 6.45) is 3.89. The highest BCUT2D eigenvalue weighted by Gasteiger charge is 2.31. The largest absolute Gasteiger partial charge is 0.395 e. The van der Waals surface area contributed by atoms with E-state index >= 15 is 0 Å². The van der Waals surface area contributed by atoms with Gasteiger partial charge in [0.15, 0.2) is 0 Å². The topological polar surface area (TPSA) is 23.5 Å². The third-order valence-electron chi connectivity index (χ3n) is 4.91. The monoisotopic (exact) mass is 273 g/mol. The minimum atomic E-state index is 0.220. The number of aliphatic hydroxyl groups excluding tert-OH is 1. The summed E-state index contributed by atoms with van der Waals surface area (Å²) in [6.45, 7) is 10.1. The Bertz CT molecular complexity index is 501. The van der Waals surface area contributed by atoms with Gasteiger partial charge in [0.1, 0.15) is 0 Å². The first-order chi connectivity index (χ1) is 9.49. The van der Waals surface area contributed by atoms with E-state index in [4.69, 9.17) is 0 Å². The van der Waals surface area contributed by atoms with Crippen LogP contribution in [0.25, 0.3) is 0 Å². The number of nitrogens with zero attached hydrogens (tertiary/aromatic N) is 1. The van der Waals surface area contributed by atoms with Gasteiger partial charge in [0.05, 0.1) is 6.61 Å². The molecule has 2 aliphatic rings. The Morgan fingerprint density at radius 3 is 2.70 bits per heavy atom. The molecular weight excluding hydrogens is 246 g/mol. The third-order valence-corrected chi connectivity index (χ3v) is 4.91. The molecule has 0 fully saturated rings. The molecule has 1 atom stereocenters. The Hall–Kier alpha value is -0.860. The lowest BCUT2D eigenvalue weighted by Gasteiger charge is -2.39. The number of hydrogen-bond acceptors (Lipinski definition) is 2. The van der Waals surface area contributed by atoms with Crippen molar-refractivity contribution in [2.45, 2.75) is 57.9 Å². The van der Waals surface area contributed by atoms with Gasteiger partial charge in [-0.2, -0.15) is 0 Å². The molecule has 1 aliphatic heterocycles. The molecule has 0 aromatic heterocycles. The van der Waals surface area contributed by atoms with Gasteiger partial charge < -0.3 is 5.11 Å². The normalized spacial score (nSPS) is 22.7. The maximum absolute atomic E-state index is 9.24. The lowest BCUT2D eigenvalue weighted by Crippen LogP contribution is -2.37. The first-order valence-corrected chi connectivity index (χ1v) is 7.98. The predicted octanol–water partition coefficient (Wildman–Crippen LogP) is 3.21. The van der Waals surface area contributed by atoms with Crippen molar-refractivity contribution < 1.29 is 5.11 Å². The lowest BCUT2D eigenvalue weighted by molar-refractivity contribution is 0.167. The van der Waals surface area contributed by atoms with E-state index < -0.39 is 0 Å². The molecule has 1 heterocycles. The highest BCUT2D eigenvalue weighted by atomic mass is 16.3. The van der Waals surface area contributed by atoms with Gasteiger partial charge in [0.25, 0.3) is 0 Å². The van der Waals surface area contributed by atoms with E-state index in [9.17, 15) is 5.11 Å². The van der Waals surface area contributed by atoms with Crippen LogP contribution in [-0.4, -0.2) is 29.7 Å². The maximum Gasteiger partial charge on any atom is 0.0558 e. The van der Waals surface area contributed by atoms with Gasteiger partial charge in [-0.15, -0.1) is 0 Å². The van der Waals surface area contributed by atoms with Crippen LogP contribution in [0.5, 0.6) is 0 Å². The number of β-amino-alcohol motifs (C(OH)–C–C–N with tert-alkyl or cyclic N) is 1. The van der Waals surface area contributed by atoms with Crippen LogP contribution >= 0.6 is 0 Å². The van der Waals surface area contributed by atoms with E-state index in [1.165, 1.54) is 30.4 Å². The molecular formula is C18H27NO. The van der Waals surface area contributed by atoms with Crippen LogP contribution in [0.4, 0.5) is 0 Å². The van der Waals surface area contributed by atoms with Crippen LogP contribution in [0.1, 0.15) is 61.8 Å². The van der Waals surface area contributed by atoms with Crippen molar-refractivity contribution in [3.63, 3.8) is 0 Å². The lowest BCUT2D eigenvalue weighted by atomic mass is 9.74. The molecule has 20 heavy (non-hydrogen) atoms. The standard InChI is InChI=1S/C18H27NO/c1-18(2,3)16-9-13-5-4-6-14-11-19(7-8-20)12-15(10-16)17(13)14/h9-10,14,20H,4-8,11-12H2,1-3H3/t14-/m1/s1. The summed E-state index contributed by atoms with van der Waals surface area (Å²) in [5, 5.41) is 9.24. The van der Waals surface area contributed by atoms with Crippen LogP contribution in [0.3, 0.4) is 0 Å². The van der Waals surface area contributed by atoms with Gasteiger partial charge in [-0.05, 0) is 52.8 Å². The first-order valence-electron chi connectivity index (χ1n) is 7.98. The molecule has 1 aromatic rings. The van der Waals surface area contributed by atoms with Gasteiger partial charge in [0.2, 0.25) is 0 Å². The van der Waals surface area contributed by atoms with Crippen molar-refractivity contribution in [3.05, 3.63) is 34.4 Å². The molecule has 1 aromatic carbocycles. The van der Waals surface area contributed by atoms with E-state index in [0.29, 0.717) is 5.92 Å². The summed E-state index contributed by atoms with van der Waals surface area (Å²) in [4.78, 5) is 2.43. The molecule has 2 heteroatoms. The molecule has 0 saturated heterocycles. The highest BCUT2D eigenvalue weighted by molar-refractivity contribution is 5.46. The Kier molecular flexibility index (Phi) is 3.64. The van der Waals surface area contributed by atoms with Crippen molar-refractivity contribution in [3.8, 4) is 0 Å². The Balaban J connectivity index is 2.04. The fourth-order valence-corrected chi connectivity index (χ4v) is 3.87. The number of aryl methyl sites for hydroxylation is 1. The summed E-state index contributed by atoms with van der Waals surface area (Å²) in [5.41, 5.74) is 6.47. The Morgan fingerprint density at radius 1 is 1.25 bits per heavy atom. The highest BCUT2D eigenvalue weighted by Crippen LogP contribution is 2.40. The Labute approximate surface area is 122 Å². The molecule has 1 N–H and O–H groups in total. The van der Waals surface area contributed by atoms with Gasteiger partial charge in [0, 0.05) is 19.6 Å². The molecule has 0 bridgehead atoms. The van der Waals surface area contributed by atoms with Gasteiger partial charge in [-0.25, -0.2) is 0 Å². The Morgan fingerprint density at radius 2 is 2.00 bits per heavy atom. The molecule has 1 aliphatic carbocycles. The van der Waals surface area contributed by atoms with Crippen LogP contribution < -0.4 is 0 Å². The van der Waals surface area contributed by atoms with E-state index in [-0.39, 0.29) is 12.0 Å². The minimum absolute atomic E-state index is 0.220. The third kappa shape index (κ3) is 2.51. The zero-order valence-corrected chi connectivity index (χ0v) is 13.1. The van der Waals surface area contributed by atoms with Crippen LogP contribution in [0, 0.1) is 0 Å². The van der Waals surface area contributed by atoms with Crippen molar-refractivity contribution in [2.24, 2.45) is 0 Å². The maximum atomic E-state index is 9.24. The summed E-state index contributed by atoms with van der Waals surface area (Å²) < 4.78 is 0. The molecule has 0 unspecified atom stereocenters. The van der Waals surface area contributed by atoms with Crippen molar-refractivity contribution in [1.82, 2.24) is 4.90 Å². The van der Waals surface area contributed by atoms with Crippen molar-refractivity contribution >= 4 is 0 Å². The quantitative estimate of drug-likeness (QED) is 0.894. The van der Waals surface area contributed by atoms with Crippen LogP contribution in [-0.2, 0) is 18.4 Å².